The van der Waals surface area contributed by atoms with E-state index in [1.165, 1.54) is 0 Å². The number of carbonyl (C=O) groups is 1. The SMILES string of the molecule is Cc1ccc(C(=O)c2ccc3oc4ccccc4c3c2)cc1. The van der Waals surface area contributed by atoms with E-state index in [0.717, 1.165) is 27.5 Å². The lowest BCUT2D eigenvalue weighted by Crippen LogP contribution is -2.00. The summed E-state index contributed by atoms with van der Waals surface area (Å²) in [6.45, 7) is 2.01. The maximum Gasteiger partial charge on any atom is 0.193 e. The lowest BCUT2D eigenvalue weighted by Gasteiger charge is -2.02. The third kappa shape index (κ3) is 2.01. The predicted octanol–water partition coefficient (Wildman–Crippen LogP) is 5.13. The van der Waals surface area contributed by atoms with Crippen LogP contribution in [0.1, 0.15) is 21.5 Å². The van der Waals surface area contributed by atoms with Gasteiger partial charge in [0.25, 0.3) is 0 Å². The summed E-state index contributed by atoms with van der Waals surface area (Å²) < 4.78 is 5.80. The number of carbonyl (C=O) groups excluding carboxylic acids is 1. The molecule has 4 aromatic rings. The second kappa shape index (κ2) is 4.85. The van der Waals surface area contributed by atoms with Crippen molar-refractivity contribution < 1.29 is 9.21 Å². The van der Waals surface area contributed by atoms with Crippen LogP contribution in [0.2, 0.25) is 0 Å². The highest BCUT2D eigenvalue weighted by molar-refractivity contribution is 6.13. The second-order valence-corrected chi connectivity index (χ2v) is 5.50. The van der Waals surface area contributed by atoms with Crippen molar-refractivity contribution in [3.63, 3.8) is 0 Å². The van der Waals surface area contributed by atoms with E-state index in [4.69, 9.17) is 4.42 Å². The monoisotopic (exact) mass is 286 g/mol. The predicted molar refractivity (Wildman–Crippen MR) is 88.3 cm³/mol. The van der Waals surface area contributed by atoms with Crippen molar-refractivity contribution in [3.05, 3.63) is 83.4 Å². The van der Waals surface area contributed by atoms with Gasteiger partial charge in [-0.1, -0.05) is 48.0 Å². The van der Waals surface area contributed by atoms with Gasteiger partial charge in [0.2, 0.25) is 0 Å². The van der Waals surface area contributed by atoms with Crippen LogP contribution >= 0.6 is 0 Å². The van der Waals surface area contributed by atoms with Gasteiger partial charge in [0.05, 0.1) is 0 Å². The molecular formula is C20H14O2. The first-order valence-electron chi connectivity index (χ1n) is 7.25. The molecule has 0 aliphatic rings. The molecule has 22 heavy (non-hydrogen) atoms. The van der Waals surface area contributed by atoms with Crippen molar-refractivity contribution >= 4 is 27.7 Å². The number of hydrogen-bond acceptors (Lipinski definition) is 2. The van der Waals surface area contributed by atoms with Crippen molar-refractivity contribution in [2.24, 2.45) is 0 Å². The summed E-state index contributed by atoms with van der Waals surface area (Å²) in [4.78, 5) is 12.6. The van der Waals surface area contributed by atoms with Crippen LogP contribution in [0.15, 0.2) is 71.1 Å². The van der Waals surface area contributed by atoms with E-state index in [0.29, 0.717) is 11.1 Å². The summed E-state index contributed by atoms with van der Waals surface area (Å²) in [5.74, 6) is 0.0344. The van der Waals surface area contributed by atoms with Crippen molar-refractivity contribution in [3.8, 4) is 0 Å². The van der Waals surface area contributed by atoms with Crippen molar-refractivity contribution in [2.45, 2.75) is 6.92 Å². The van der Waals surface area contributed by atoms with Gasteiger partial charge in [0.1, 0.15) is 11.2 Å². The number of para-hydroxylation sites is 1. The lowest BCUT2D eigenvalue weighted by molar-refractivity contribution is 0.103. The first kappa shape index (κ1) is 12.8. The summed E-state index contributed by atoms with van der Waals surface area (Å²) in [6.07, 6.45) is 0. The van der Waals surface area contributed by atoms with Crippen LogP contribution in [0.5, 0.6) is 0 Å². The molecule has 1 heterocycles. The van der Waals surface area contributed by atoms with Crippen molar-refractivity contribution in [2.75, 3.05) is 0 Å². The van der Waals surface area contributed by atoms with Crippen molar-refractivity contribution in [1.29, 1.82) is 0 Å². The second-order valence-electron chi connectivity index (χ2n) is 5.50. The highest BCUT2D eigenvalue weighted by Crippen LogP contribution is 2.29. The van der Waals surface area contributed by atoms with E-state index < -0.39 is 0 Å². The molecule has 0 unspecified atom stereocenters. The fraction of sp³-hybridized carbons (Fsp3) is 0.0500. The van der Waals surface area contributed by atoms with Crippen LogP contribution in [0.25, 0.3) is 21.9 Å². The topological polar surface area (TPSA) is 30.2 Å². The van der Waals surface area contributed by atoms with Crippen LogP contribution < -0.4 is 0 Å². The van der Waals surface area contributed by atoms with Crippen LogP contribution in [-0.2, 0) is 0 Å². The number of fused-ring (bicyclic) bond motifs is 3. The third-order valence-corrected chi connectivity index (χ3v) is 3.95. The highest BCUT2D eigenvalue weighted by atomic mass is 16.3. The number of hydrogen-bond donors (Lipinski definition) is 0. The van der Waals surface area contributed by atoms with Crippen LogP contribution in [-0.4, -0.2) is 5.78 Å². The van der Waals surface area contributed by atoms with Gasteiger partial charge in [-0.3, -0.25) is 4.79 Å². The lowest BCUT2D eigenvalue weighted by atomic mass is 10.0. The molecule has 3 aromatic carbocycles. The van der Waals surface area contributed by atoms with Crippen LogP contribution in [0, 0.1) is 6.92 Å². The molecule has 0 N–H and O–H groups in total. The van der Waals surface area contributed by atoms with E-state index in [-0.39, 0.29) is 5.78 Å². The minimum Gasteiger partial charge on any atom is -0.456 e. The first-order chi connectivity index (χ1) is 10.7. The fourth-order valence-electron chi connectivity index (χ4n) is 2.74. The Bertz CT molecular complexity index is 991. The molecule has 2 nitrogen and oxygen atoms in total. The van der Waals surface area contributed by atoms with E-state index in [1.807, 2.05) is 73.7 Å². The van der Waals surface area contributed by atoms with Gasteiger partial charge in [-0.05, 0) is 31.2 Å². The molecular weight excluding hydrogens is 272 g/mol. The molecule has 0 saturated carbocycles. The van der Waals surface area contributed by atoms with Gasteiger partial charge in [0.15, 0.2) is 5.78 Å². The Morgan fingerprint density at radius 1 is 0.773 bits per heavy atom. The molecule has 0 spiro atoms. The molecule has 0 radical (unpaired) electrons. The molecule has 0 aliphatic heterocycles. The zero-order valence-corrected chi connectivity index (χ0v) is 12.2. The summed E-state index contributed by atoms with van der Waals surface area (Å²) in [7, 11) is 0. The Labute approximate surface area is 128 Å². The normalized spacial score (nSPS) is 11.1. The number of aryl methyl sites for hydroxylation is 1. The number of benzene rings is 3. The minimum atomic E-state index is 0.0344. The van der Waals surface area contributed by atoms with E-state index >= 15 is 0 Å². The quantitative estimate of drug-likeness (QED) is 0.478. The average molecular weight is 286 g/mol. The fourth-order valence-corrected chi connectivity index (χ4v) is 2.74. The molecule has 0 atom stereocenters. The molecule has 0 aliphatic carbocycles. The van der Waals surface area contributed by atoms with Gasteiger partial charge >= 0.3 is 0 Å². The van der Waals surface area contributed by atoms with Gasteiger partial charge in [0, 0.05) is 21.9 Å². The average Bonchev–Trinajstić information content (AvgIpc) is 2.92. The number of rotatable bonds is 2. The maximum atomic E-state index is 12.6. The largest absolute Gasteiger partial charge is 0.456 e. The molecule has 4 rings (SSSR count). The van der Waals surface area contributed by atoms with Gasteiger partial charge < -0.3 is 4.42 Å². The van der Waals surface area contributed by atoms with Crippen molar-refractivity contribution in [1.82, 2.24) is 0 Å². The molecule has 106 valence electrons. The third-order valence-electron chi connectivity index (χ3n) is 3.95. The Kier molecular flexibility index (Phi) is 2.83. The number of furan rings is 1. The van der Waals surface area contributed by atoms with Crippen LogP contribution in [0.4, 0.5) is 0 Å². The summed E-state index contributed by atoms with van der Waals surface area (Å²) in [5, 5.41) is 2.02. The molecule has 0 fully saturated rings. The highest BCUT2D eigenvalue weighted by Gasteiger charge is 2.12. The molecule has 1 aromatic heterocycles. The maximum absolute atomic E-state index is 12.6. The van der Waals surface area contributed by atoms with Gasteiger partial charge in [-0.2, -0.15) is 0 Å². The minimum absolute atomic E-state index is 0.0344. The zero-order valence-electron chi connectivity index (χ0n) is 12.2. The molecule has 0 saturated heterocycles. The first-order valence-corrected chi connectivity index (χ1v) is 7.25. The zero-order chi connectivity index (χ0) is 15.1. The summed E-state index contributed by atoms with van der Waals surface area (Å²) in [6, 6.07) is 21.2. The Morgan fingerprint density at radius 3 is 2.27 bits per heavy atom. The standard InChI is InChI=1S/C20H14O2/c1-13-6-8-14(9-7-13)20(21)15-10-11-19-17(12-15)16-4-2-3-5-18(16)22-19/h2-12H,1H3. The Balaban J connectivity index is 1.86. The molecule has 2 heteroatoms. The Hall–Kier alpha value is -2.87. The smallest absolute Gasteiger partial charge is 0.193 e. The van der Waals surface area contributed by atoms with Gasteiger partial charge in [-0.15, -0.1) is 0 Å². The van der Waals surface area contributed by atoms with E-state index in [2.05, 4.69) is 0 Å². The Morgan fingerprint density at radius 2 is 1.45 bits per heavy atom. The summed E-state index contributed by atoms with van der Waals surface area (Å²) >= 11 is 0. The summed E-state index contributed by atoms with van der Waals surface area (Å²) in [5.41, 5.74) is 4.19. The van der Waals surface area contributed by atoms with Gasteiger partial charge in [-0.25, -0.2) is 0 Å². The molecule has 0 amide bonds. The van der Waals surface area contributed by atoms with E-state index in [1.54, 1.807) is 0 Å². The van der Waals surface area contributed by atoms with E-state index in [9.17, 15) is 4.79 Å². The number of ketones is 1. The van der Waals surface area contributed by atoms with Crippen LogP contribution in [0.3, 0.4) is 0 Å². The molecule has 0 bridgehead atoms.